The van der Waals surface area contributed by atoms with Crippen LogP contribution in [0.15, 0.2) is 54.9 Å². The Balaban J connectivity index is 1.73. The van der Waals surface area contributed by atoms with Gasteiger partial charge in [0.25, 0.3) is 0 Å². The van der Waals surface area contributed by atoms with Crippen LogP contribution in [-0.2, 0) is 11.3 Å². The van der Waals surface area contributed by atoms with Gasteiger partial charge in [0.05, 0.1) is 11.3 Å². The Kier molecular flexibility index (Phi) is 3.86. The number of carbonyl (C=O) groups excluding carboxylic acids is 1. The van der Waals surface area contributed by atoms with Crippen LogP contribution in [0.25, 0.3) is 5.69 Å². The molecule has 6 nitrogen and oxygen atoms in total. The molecule has 0 aliphatic rings. The maximum atomic E-state index is 13.5. The lowest BCUT2D eigenvalue weighted by molar-refractivity contribution is 0.0469. The average Bonchev–Trinajstić information content (AvgIpc) is 3.08. The molecule has 22 heavy (non-hydrogen) atoms. The van der Waals surface area contributed by atoms with Gasteiger partial charge in [-0.25, -0.2) is 13.9 Å². The molecule has 2 aromatic carbocycles. The third kappa shape index (κ3) is 2.98. The van der Waals surface area contributed by atoms with E-state index >= 15 is 0 Å². The lowest BCUT2D eigenvalue weighted by Crippen LogP contribution is -2.07. The van der Waals surface area contributed by atoms with Crippen LogP contribution in [0.1, 0.15) is 15.9 Å². The summed E-state index contributed by atoms with van der Waals surface area (Å²) < 4.78 is 20.0. The maximum Gasteiger partial charge on any atom is 0.338 e. The predicted molar refractivity (Wildman–Crippen MR) is 74.7 cm³/mol. The molecule has 1 aromatic heterocycles. The van der Waals surface area contributed by atoms with E-state index in [1.165, 1.54) is 17.1 Å². The molecule has 0 saturated heterocycles. The highest BCUT2D eigenvalue weighted by molar-refractivity contribution is 5.90. The molecule has 110 valence electrons. The smallest absolute Gasteiger partial charge is 0.338 e. The van der Waals surface area contributed by atoms with Crippen molar-refractivity contribution in [1.29, 1.82) is 0 Å². The van der Waals surface area contributed by atoms with Crippen molar-refractivity contribution in [3.8, 4) is 5.69 Å². The predicted octanol–water partition coefficient (Wildman–Crippen LogP) is 2.16. The van der Waals surface area contributed by atoms with Gasteiger partial charge in [-0.2, -0.15) is 0 Å². The quantitative estimate of drug-likeness (QED) is 0.690. The summed E-state index contributed by atoms with van der Waals surface area (Å²) in [5.41, 5.74) is 1.29. The summed E-state index contributed by atoms with van der Waals surface area (Å²) >= 11 is 0. The van der Waals surface area contributed by atoms with E-state index in [9.17, 15) is 9.18 Å². The van der Waals surface area contributed by atoms with Crippen molar-refractivity contribution in [1.82, 2.24) is 20.2 Å². The summed E-state index contributed by atoms with van der Waals surface area (Å²) in [4.78, 5) is 12.0. The molecule has 3 rings (SSSR count). The van der Waals surface area contributed by atoms with Crippen molar-refractivity contribution in [3.05, 3.63) is 71.8 Å². The zero-order chi connectivity index (χ0) is 15.4. The number of hydrogen-bond donors (Lipinski definition) is 0. The highest BCUT2D eigenvalue weighted by Crippen LogP contribution is 2.12. The first-order valence-electron chi connectivity index (χ1n) is 6.48. The van der Waals surface area contributed by atoms with Crippen LogP contribution < -0.4 is 0 Å². The molecule has 0 aliphatic carbocycles. The topological polar surface area (TPSA) is 69.9 Å². The molecule has 0 aliphatic heterocycles. The van der Waals surface area contributed by atoms with Gasteiger partial charge in [-0.05, 0) is 34.7 Å². The van der Waals surface area contributed by atoms with Gasteiger partial charge in [0.1, 0.15) is 18.8 Å². The van der Waals surface area contributed by atoms with Gasteiger partial charge in [-0.3, -0.25) is 0 Å². The molecular weight excluding hydrogens is 287 g/mol. The molecule has 0 bridgehead atoms. The average molecular weight is 298 g/mol. The molecular formula is C15H11FN4O2. The van der Waals surface area contributed by atoms with Gasteiger partial charge in [-0.1, -0.05) is 24.3 Å². The molecule has 0 N–H and O–H groups in total. The number of hydrogen-bond acceptors (Lipinski definition) is 5. The van der Waals surface area contributed by atoms with Crippen LogP contribution in [0.5, 0.6) is 0 Å². The molecule has 0 atom stereocenters. The Morgan fingerprint density at radius 2 is 2.05 bits per heavy atom. The highest BCUT2D eigenvalue weighted by atomic mass is 19.1. The van der Waals surface area contributed by atoms with Crippen LogP contribution in [0.4, 0.5) is 4.39 Å². The fourth-order valence-corrected chi connectivity index (χ4v) is 1.90. The zero-order valence-corrected chi connectivity index (χ0v) is 11.4. The molecule has 0 amide bonds. The Morgan fingerprint density at radius 3 is 2.82 bits per heavy atom. The van der Waals surface area contributed by atoms with E-state index in [2.05, 4.69) is 15.5 Å². The lowest BCUT2D eigenvalue weighted by atomic mass is 10.2. The zero-order valence-electron chi connectivity index (χ0n) is 11.4. The fourth-order valence-electron chi connectivity index (χ4n) is 1.90. The lowest BCUT2D eigenvalue weighted by Gasteiger charge is -2.07. The Morgan fingerprint density at radius 1 is 1.18 bits per heavy atom. The summed E-state index contributed by atoms with van der Waals surface area (Å²) in [5.74, 6) is -0.948. The summed E-state index contributed by atoms with van der Waals surface area (Å²) in [7, 11) is 0. The molecule has 0 saturated carbocycles. The monoisotopic (exact) mass is 298 g/mol. The molecule has 7 heteroatoms. The second-order valence-corrected chi connectivity index (χ2v) is 4.47. The van der Waals surface area contributed by atoms with Crippen LogP contribution in [0.3, 0.4) is 0 Å². The normalized spacial score (nSPS) is 10.4. The molecule has 1 heterocycles. The number of nitrogens with zero attached hydrogens (tertiary/aromatic N) is 4. The van der Waals surface area contributed by atoms with E-state index in [1.807, 2.05) is 0 Å². The fraction of sp³-hybridized carbons (Fsp3) is 0.0667. The molecule has 0 unspecified atom stereocenters. The Labute approximate surface area is 125 Å². The SMILES string of the molecule is O=C(OCc1ccccc1F)c1cccc(-n2cnnn2)c1. The number of rotatable bonds is 4. The van der Waals surface area contributed by atoms with Crippen molar-refractivity contribution in [2.75, 3.05) is 0 Å². The minimum absolute atomic E-state index is 0.124. The second-order valence-electron chi connectivity index (χ2n) is 4.47. The maximum absolute atomic E-state index is 13.5. The standard InChI is InChI=1S/C15H11FN4O2/c16-14-7-2-1-4-12(14)9-22-15(21)11-5-3-6-13(8-11)20-10-17-18-19-20/h1-8,10H,9H2. The van der Waals surface area contributed by atoms with E-state index in [-0.39, 0.29) is 6.61 Å². The van der Waals surface area contributed by atoms with Crippen molar-refractivity contribution in [2.45, 2.75) is 6.61 Å². The second kappa shape index (κ2) is 6.13. The first-order valence-corrected chi connectivity index (χ1v) is 6.48. The number of aromatic nitrogens is 4. The molecule has 0 fully saturated rings. The number of esters is 1. The summed E-state index contributed by atoms with van der Waals surface area (Å²) in [6.45, 7) is -0.124. The van der Waals surface area contributed by atoms with Gasteiger partial charge in [0.2, 0.25) is 0 Å². The Bertz CT molecular complexity index is 790. The van der Waals surface area contributed by atoms with Gasteiger partial charge < -0.3 is 4.74 Å². The van der Waals surface area contributed by atoms with Crippen molar-refractivity contribution < 1.29 is 13.9 Å². The highest BCUT2D eigenvalue weighted by Gasteiger charge is 2.10. The van der Waals surface area contributed by atoms with E-state index in [1.54, 1.807) is 42.5 Å². The van der Waals surface area contributed by atoms with Crippen LogP contribution in [-0.4, -0.2) is 26.2 Å². The number of carbonyl (C=O) groups is 1. The third-order valence-electron chi connectivity index (χ3n) is 3.01. The minimum atomic E-state index is -0.543. The molecule has 3 aromatic rings. The minimum Gasteiger partial charge on any atom is -0.457 e. The van der Waals surface area contributed by atoms with Crippen LogP contribution in [0.2, 0.25) is 0 Å². The van der Waals surface area contributed by atoms with E-state index < -0.39 is 11.8 Å². The molecule has 0 radical (unpaired) electrons. The summed E-state index contributed by atoms with van der Waals surface area (Å²) in [5, 5.41) is 10.8. The third-order valence-corrected chi connectivity index (χ3v) is 3.01. The van der Waals surface area contributed by atoms with Crippen molar-refractivity contribution >= 4 is 5.97 Å². The first-order chi connectivity index (χ1) is 10.7. The molecule has 0 spiro atoms. The largest absolute Gasteiger partial charge is 0.457 e. The number of halogens is 1. The van der Waals surface area contributed by atoms with Crippen LogP contribution >= 0.6 is 0 Å². The van der Waals surface area contributed by atoms with Crippen LogP contribution in [0, 0.1) is 5.82 Å². The van der Waals surface area contributed by atoms with Crippen molar-refractivity contribution in [3.63, 3.8) is 0 Å². The van der Waals surface area contributed by atoms with Gasteiger partial charge >= 0.3 is 5.97 Å². The van der Waals surface area contributed by atoms with Crippen molar-refractivity contribution in [2.24, 2.45) is 0 Å². The van der Waals surface area contributed by atoms with Gasteiger partial charge in [-0.15, -0.1) is 5.10 Å². The van der Waals surface area contributed by atoms with Gasteiger partial charge in [0, 0.05) is 5.56 Å². The van der Waals surface area contributed by atoms with E-state index in [4.69, 9.17) is 4.74 Å². The van der Waals surface area contributed by atoms with E-state index in [0.29, 0.717) is 16.8 Å². The number of tetrazole rings is 1. The Hall–Kier alpha value is -3.09. The van der Waals surface area contributed by atoms with Gasteiger partial charge in [0.15, 0.2) is 0 Å². The summed E-state index contributed by atoms with van der Waals surface area (Å²) in [6.07, 6.45) is 1.42. The number of benzene rings is 2. The number of ether oxygens (including phenoxy) is 1. The van der Waals surface area contributed by atoms with E-state index in [0.717, 1.165) is 0 Å². The first kappa shape index (κ1) is 13.9. The summed E-state index contributed by atoms with van der Waals surface area (Å²) in [6, 6.07) is 12.8.